The van der Waals surface area contributed by atoms with Crippen molar-refractivity contribution in [1.82, 2.24) is 25.4 Å². The van der Waals surface area contributed by atoms with E-state index in [0.29, 0.717) is 42.9 Å². The average molecular weight is 799 g/mol. The predicted molar refractivity (Wildman–Crippen MR) is 220 cm³/mol. The van der Waals surface area contributed by atoms with Crippen LogP contribution in [0.25, 0.3) is 0 Å². The number of ether oxygens (including phenoxy) is 2. The lowest BCUT2D eigenvalue weighted by atomic mass is 9.92. The Bertz CT molecular complexity index is 1580. The maximum atomic E-state index is 14.6. The van der Waals surface area contributed by atoms with E-state index in [-0.39, 0.29) is 60.4 Å². The minimum atomic E-state index is -0.833. The summed E-state index contributed by atoms with van der Waals surface area (Å²) < 4.78 is 11.1. The van der Waals surface area contributed by atoms with Crippen molar-refractivity contribution in [2.75, 3.05) is 32.5 Å². The normalized spacial score (nSPS) is 17.9. The third-order valence-electron chi connectivity index (χ3n) is 10.7. The highest BCUT2D eigenvalue weighted by atomic mass is 32.1. The molecule has 1 aromatic heterocycles. The number of amides is 3. The molecular weight excluding hydrogens is 733 g/mol. The molecule has 3 amide bonds. The number of carbonyl (C=O) groups excluding carboxylic acids is 5. The summed E-state index contributed by atoms with van der Waals surface area (Å²) in [6.07, 6.45) is 4.37. The van der Waals surface area contributed by atoms with E-state index in [1.165, 1.54) is 18.3 Å². The fourth-order valence-electron chi connectivity index (χ4n) is 7.31. The highest BCUT2D eigenvalue weighted by Crippen LogP contribution is 2.32. The Labute approximate surface area is 337 Å². The molecule has 7 atom stereocenters. The van der Waals surface area contributed by atoms with Crippen molar-refractivity contribution in [3.63, 3.8) is 0 Å². The van der Waals surface area contributed by atoms with E-state index in [2.05, 4.69) is 20.5 Å². The molecule has 56 heavy (non-hydrogen) atoms. The zero-order valence-electron chi connectivity index (χ0n) is 35.0. The quantitative estimate of drug-likeness (QED) is 0.102. The Balaban J connectivity index is 1.88. The number of likely N-dealkylation sites (N-methyl/N-ethyl adjacent to an activating group) is 1. The van der Waals surface area contributed by atoms with E-state index < -0.39 is 36.0 Å². The van der Waals surface area contributed by atoms with Gasteiger partial charge in [0.25, 0.3) is 5.91 Å². The number of rotatable bonds is 21. The molecule has 1 fully saturated rings. The van der Waals surface area contributed by atoms with Gasteiger partial charge in [0.05, 0.1) is 18.6 Å². The molecule has 1 unspecified atom stereocenters. The van der Waals surface area contributed by atoms with Crippen molar-refractivity contribution >= 4 is 46.7 Å². The number of benzene rings is 1. The van der Waals surface area contributed by atoms with Gasteiger partial charge < -0.3 is 30.7 Å². The molecule has 1 saturated heterocycles. The maximum Gasteiger partial charge on any atom is 0.308 e. The first-order valence-electron chi connectivity index (χ1n) is 20.3. The van der Waals surface area contributed by atoms with E-state index in [9.17, 15) is 24.0 Å². The second-order valence-corrected chi connectivity index (χ2v) is 16.5. The lowest BCUT2D eigenvalue weighted by Crippen LogP contribution is -2.58. The van der Waals surface area contributed by atoms with Gasteiger partial charge in [0.1, 0.15) is 16.7 Å². The van der Waals surface area contributed by atoms with Crippen LogP contribution < -0.4 is 16.4 Å². The fourth-order valence-corrected chi connectivity index (χ4v) is 8.15. The number of piperidine rings is 1. The Morgan fingerprint density at radius 2 is 1.71 bits per heavy atom. The first kappa shape index (κ1) is 46.3. The smallest absolute Gasteiger partial charge is 0.308 e. The second-order valence-electron chi connectivity index (χ2n) is 15.6. The van der Waals surface area contributed by atoms with Gasteiger partial charge in [0.15, 0.2) is 6.10 Å². The van der Waals surface area contributed by atoms with Gasteiger partial charge in [-0.3, -0.25) is 28.9 Å². The number of nitrogens with one attached hydrogen (secondary N) is 2. The number of likely N-dealkylation sites (tertiary alicyclic amines) is 1. The van der Waals surface area contributed by atoms with Gasteiger partial charge in [-0.2, -0.15) is 0 Å². The summed E-state index contributed by atoms with van der Waals surface area (Å²) in [5, 5.41) is 8.28. The second kappa shape index (κ2) is 22.6. The molecule has 2 heterocycles. The number of hydrogen-bond donors (Lipinski definition) is 3. The third-order valence-corrected chi connectivity index (χ3v) is 11.6. The van der Waals surface area contributed by atoms with Crippen LogP contribution >= 0.6 is 11.3 Å². The van der Waals surface area contributed by atoms with E-state index >= 15 is 0 Å². The summed E-state index contributed by atoms with van der Waals surface area (Å²) in [7, 11) is 1.96. The van der Waals surface area contributed by atoms with Crippen LogP contribution in [0.5, 0.6) is 0 Å². The Morgan fingerprint density at radius 1 is 1.02 bits per heavy atom. The number of aromatic nitrogens is 1. The van der Waals surface area contributed by atoms with Gasteiger partial charge in [-0.25, -0.2) is 4.98 Å². The lowest BCUT2D eigenvalue weighted by Gasteiger charge is -2.40. The van der Waals surface area contributed by atoms with Gasteiger partial charge in [-0.05, 0) is 82.2 Å². The largest absolute Gasteiger partial charge is 0.466 e. The maximum absolute atomic E-state index is 14.6. The molecule has 1 aliphatic heterocycles. The van der Waals surface area contributed by atoms with Crippen LogP contribution in [0.3, 0.4) is 0 Å². The van der Waals surface area contributed by atoms with E-state index in [4.69, 9.17) is 15.2 Å². The molecule has 0 bridgehead atoms. The first-order valence-corrected chi connectivity index (χ1v) is 21.2. The summed E-state index contributed by atoms with van der Waals surface area (Å²) in [5.74, 6) is -2.17. The molecule has 4 N–H and O–H groups in total. The number of hydrogen-bond acceptors (Lipinski definition) is 11. The molecule has 1 aliphatic rings. The van der Waals surface area contributed by atoms with Crippen molar-refractivity contribution in [2.45, 2.75) is 137 Å². The highest BCUT2D eigenvalue weighted by molar-refractivity contribution is 7.09. The molecule has 2 aromatic rings. The monoisotopic (exact) mass is 798 g/mol. The molecule has 3 rings (SSSR count). The van der Waals surface area contributed by atoms with Gasteiger partial charge >= 0.3 is 11.9 Å². The summed E-state index contributed by atoms with van der Waals surface area (Å²) in [6.45, 7) is 16.5. The molecule has 0 aliphatic carbocycles. The molecule has 1 aromatic carbocycles. The fraction of sp³-hybridized carbons (Fsp3) is 0.667. The number of thiazole rings is 1. The molecule has 14 heteroatoms. The molecule has 0 saturated carbocycles. The topological polar surface area (TPSA) is 173 Å². The van der Waals surface area contributed by atoms with Crippen LogP contribution in [-0.4, -0.2) is 95.4 Å². The third kappa shape index (κ3) is 13.6. The summed E-state index contributed by atoms with van der Waals surface area (Å²) in [5.41, 5.74) is 7.61. The number of nitrogens with zero attached hydrogens (tertiary/aromatic N) is 3. The van der Waals surface area contributed by atoms with E-state index in [0.717, 1.165) is 31.4 Å². The van der Waals surface area contributed by atoms with Gasteiger partial charge in [-0.15, -0.1) is 11.3 Å². The standard InChI is InChI=1S/C42H66N6O7S/c1-10-20-48(41(52)37(27(6)11-2)46-39(51)34-15-13-14-21-47(34)9)35(26(4)5)24-36(55-29(8)49)40-45-33(25-56-40)38(50)44-32(22-28(7)42(53)54-12-3)23-30-16-18-31(43)19-17-30/h16-19,25-28,32,34-37H,10-15,20-24,43H2,1-9H3,(H,44,50)(H,46,51)/t27-,28?,32+,34+,35+,36+,37-/m0/s1. The van der Waals surface area contributed by atoms with Crippen LogP contribution in [0, 0.1) is 17.8 Å². The summed E-state index contributed by atoms with van der Waals surface area (Å²) in [6, 6.07) is 5.58. The summed E-state index contributed by atoms with van der Waals surface area (Å²) >= 11 is 1.21. The average Bonchev–Trinajstić information content (AvgIpc) is 3.66. The predicted octanol–water partition coefficient (Wildman–Crippen LogP) is 5.93. The zero-order chi connectivity index (χ0) is 41.5. The molecule has 0 spiro atoms. The van der Waals surface area contributed by atoms with Crippen LogP contribution in [0.4, 0.5) is 5.69 Å². The Morgan fingerprint density at radius 3 is 2.30 bits per heavy atom. The molecule has 0 radical (unpaired) electrons. The molecule has 312 valence electrons. The Hall–Kier alpha value is -4.04. The van der Waals surface area contributed by atoms with Crippen molar-refractivity contribution in [3.05, 3.63) is 45.9 Å². The van der Waals surface area contributed by atoms with Crippen LogP contribution in [0.2, 0.25) is 0 Å². The minimum Gasteiger partial charge on any atom is -0.466 e. The highest BCUT2D eigenvalue weighted by Gasteiger charge is 2.38. The van der Waals surface area contributed by atoms with E-state index in [1.54, 1.807) is 31.4 Å². The lowest BCUT2D eigenvalue weighted by molar-refractivity contribution is -0.150. The van der Waals surface area contributed by atoms with Crippen LogP contribution in [0.1, 0.15) is 127 Å². The number of nitrogen functional groups attached to an aromatic ring is 1. The van der Waals surface area contributed by atoms with Crippen molar-refractivity contribution in [1.29, 1.82) is 0 Å². The van der Waals surface area contributed by atoms with Gasteiger partial charge in [0.2, 0.25) is 11.8 Å². The number of esters is 2. The first-order chi connectivity index (χ1) is 26.6. The zero-order valence-corrected chi connectivity index (χ0v) is 35.8. The summed E-state index contributed by atoms with van der Waals surface area (Å²) in [4.78, 5) is 75.6. The minimum absolute atomic E-state index is 0.0421. The molecule has 13 nitrogen and oxygen atoms in total. The van der Waals surface area contributed by atoms with Crippen LogP contribution in [-0.2, 0) is 35.1 Å². The van der Waals surface area contributed by atoms with Gasteiger partial charge in [0, 0.05) is 43.0 Å². The SMILES string of the molecule is CCCN(C(=O)[C@@H](NC(=O)[C@H]1CCCCN1C)[C@@H](C)CC)[C@H](C[C@@H](OC(C)=O)c1nc(C(=O)N[C@@H](Cc2ccc(N)cc2)CC(C)C(=O)OCC)cs1)C(C)C. The van der Waals surface area contributed by atoms with Crippen molar-refractivity contribution < 1.29 is 33.4 Å². The van der Waals surface area contributed by atoms with Crippen LogP contribution in [0.15, 0.2) is 29.6 Å². The van der Waals surface area contributed by atoms with Crippen molar-refractivity contribution in [2.24, 2.45) is 17.8 Å². The van der Waals surface area contributed by atoms with Crippen molar-refractivity contribution in [3.8, 4) is 0 Å². The van der Waals surface area contributed by atoms with E-state index in [1.807, 2.05) is 58.7 Å². The number of anilines is 1. The number of carbonyl (C=O) groups is 5. The Kier molecular flexibility index (Phi) is 18.7. The number of nitrogens with two attached hydrogens (primary N) is 1. The van der Waals surface area contributed by atoms with Gasteiger partial charge in [-0.1, -0.05) is 66.5 Å². The molecular formula is C42H66N6O7S.